The molecule has 1 fully saturated rings. The smallest absolute Gasteiger partial charge is 0.270 e. The number of hydrogen-bond acceptors (Lipinski definition) is 4. The fourth-order valence-corrected chi connectivity index (χ4v) is 2.99. The summed E-state index contributed by atoms with van der Waals surface area (Å²) in [4.78, 5) is 23.5. The van der Waals surface area contributed by atoms with Gasteiger partial charge >= 0.3 is 0 Å². The van der Waals surface area contributed by atoms with Crippen LogP contribution in [-0.2, 0) is 0 Å². The van der Waals surface area contributed by atoms with Gasteiger partial charge in [-0.3, -0.25) is 4.79 Å². The van der Waals surface area contributed by atoms with E-state index in [9.17, 15) is 4.79 Å². The second kappa shape index (κ2) is 7.90. The molecule has 3 rings (SSSR count). The van der Waals surface area contributed by atoms with E-state index in [1.54, 1.807) is 12.3 Å². The Morgan fingerprint density at radius 3 is 2.50 bits per heavy atom. The average molecular weight is 324 g/mol. The highest BCUT2D eigenvalue weighted by Crippen LogP contribution is 2.16. The monoisotopic (exact) mass is 324 g/mol. The van der Waals surface area contributed by atoms with Gasteiger partial charge in [-0.25, -0.2) is 9.97 Å². The molecule has 0 bridgehead atoms. The lowest BCUT2D eigenvalue weighted by Crippen LogP contribution is -2.30. The molecule has 0 saturated carbocycles. The van der Waals surface area contributed by atoms with E-state index in [-0.39, 0.29) is 11.9 Å². The van der Waals surface area contributed by atoms with E-state index in [4.69, 9.17) is 0 Å². The average Bonchev–Trinajstić information content (AvgIpc) is 2.92. The lowest BCUT2D eigenvalue weighted by molar-refractivity contribution is 0.0934. The molecule has 1 aromatic heterocycles. The Bertz CT molecular complexity index is 666. The van der Waals surface area contributed by atoms with Gasteiger partial charge in [-0.05, 0) is 31.4 Å². The fourth-order valence-electron chi connectivity index (χ4n) is 2.99. The van der Waals surface area contributed by atoms with Gasteiger partial charge < -0.3 is 10.2 Å². The molecule has 1 N–H and O–H groups in total. The third kappa shape index (κ3) is 4.10. The van der Waals surface area contributed by atoms with Crippen molar-refractivity contribution in [1.29, 1.82) is 0 Å². The summed E-state index contributed by atoms with van der Waals surface area (Å²) in [5, 5.41) is 3.01. The SMILES string of the molecule is CC(NC(=O)c1ccnc(N2CCCCCC2)n1)c1ccccc1. The number of rotatable bonds is 4. The van der Waals surface area contributed by atoms with Crippen molar-refractivity contribution in [1.82, 2.24) is 15.3 Å². The van der Waals surface area contributed by atoms with Crippen LogP contribution in [-0.4, -0.2) is 29.0 Å². The maximum atomic E-state index is 12.5. The number of anilines is 1. The fraction of sp³-hybridized carbons (Fsp3) is 0.421. The molecule has 5 nitrogen and oxygen atoms in total. The number of carbonyl (C=O) groups excluding carboxylic acids is 1. The van der Waals surface area contributed by atoms with E-state index in [0.717, 1.165) is 31.5 Å². The third-order valence-corrected chi connectivity index (χ3v) is 4.41. The highest BCUT2D eigenvalue weighted by molar-refractivity contribution is 5.92. The van der Waals surface area contributed by atoms with Crippen LogP contribution in [0.25, 0.3) is 0 Å². The van der Waals surface area contributed by atoms with E-state index in [1.807, 2.05) is 37.3 Å². The number of carbonyl (C=O) groups is 1. The Balaban J connectivity index is 1.70. The number of aromatic nitrogens is 2. The van der Waals surface area contributed by atoms with Crippen molar-refractivity contribution in [2.45, 2.75) is 38.6 Å². The van der Waals surface area contributed by atoms with E-state index in [0.29, 0.717) is 11.6 Å². The molecule has 0 radical (unpaired) electrons. The zero-order chi connectivity index (χ0) is 16.8. The van der Waals surface area contributed by atoms with Gasteiger partial charge in [-0.2, -0.15) is 0 Å². The Morgan fingerprint density at radius 2 is 1.79 bits per heavy atom. The first-order valence-corrected chi connectivity index (χ1v) is 8.68. The Hall–Kier alpha value is -2.43. The van der Waals surface area contributed by atoms with Gasteiger partial charge in [0, 0.05) is 19.3 Å². The Kier molecular flexibility index (Phi) is 5.41. The van der Waals surface area contributed by atoms with E-state index >= 15 is 0 Å². The number of amides is 1. The second-order valence-electron chi connectivity index (χ2n) is 6.25. The highest BCUT2D eigenvalue weighted by Gasteiger charge is 2.16. The molecular weight excluding hydrogens is 300 g/mol. The van der Waals surface area contributed by atoms with Crippen molar-refractivity contribution in [3.05, 3.63) is 53.9 Å². The molecule has 1 amide bonds. The van der Waals surface area contributed by atoms with Crippen molar-refractivity contribution >= 4 is 11.9 Å². The molecule has 0 aliphatic carbocycles. The lowest BCUT2D eigenvalue weighted by Gasteiger charge is -2.20. The molecule has 1 saturated heterocycles. The summed E-state index contributed by atoms with van der Waals surface area (Å²) in [7, 11) is 0. The van der Waals surface area contributed by atoms with Gasteiger partial charge in [-0.1, -0.05) is 43.2 Å². The third-order valence-electron chi connectivity index (χ3n) is 4.41. The summed E-state index contributed by atoms with van der Waals surface area (Å²) in [6.45, 7) is 3.90. The zero-order valence-corrected chi connectivity index (χ0v) is 14.1. The highest BCUT2D eigenvalue weighted by atomic mass is 16.1. The molecule has 2 heterocycles. The van der Waals surface area contributed by atoms with Crippen molar-refractivity contribution < 1.29 is 4.79 Å². The van der Waals surface area contributed by atoms with Crippen LogP contribution in [0.15, 0.2) is 42.6 Å². The van der Waals surface area contributed by atoms with Crippen LogP contribution in [0.3, 0.4) is 0 Å². The minimum Gasteiger partial charge on any atom is -0.344 e. The minimum absolute atomic E-state index is 0.0599. The first kappa shape index (κ1) is 16.4. The Labute approximate surface area is 143 Å². The largest absolute Gasteiger partial charge is 0.344 e. The van der Waals surface area contributed by atoms with Crippen LogP contribution in [0.4, 0.5) is 5.95 Å². The van der Waals surface area contributed by atoms with Crippen LogP contribution >= 0.6 is 0 Å². The Morgan fingerprint density at radius 1 is 1.08 bits per heavy atom. The predicted octanol–water partition coefficient (Wildman–Crippen LogP) is 3.35. The molecule has 1 atom stereocenters. The molecule has 1 unspecified atom stereocenters. The first-order chi connectivity index (χ1) is 11.7. The molecule has 2 aromatic rings. The van der Waals surface area contributed by atoms with Gasteiger partial charge in [0.25, 0.3) is 5.91 Å². The second-order valence-corrected chi connectivity index (χ2v) is 6.25. The van der Waals surface area contributed by atoms with Crippen LogP contribution in [0.2, 0.25) is 0 Å². The quantitative estimate of drug-likeness (QED) is 0.937. The zero-order valence-electron chi connectivity index (χ0n) is 14.1. The van der Waals surface area contributed by atoms with E-state index < -0.39 is 0 Å². The maximum Gasteiger partial charge on any atom is 0.270 e. The van der Waals surface area contributed by atoms with E-state index in [1.165, 1.54) is 12.8 Å². The van der Waals surface area contributed by atoms with Crippen LogP contribution in [0.1, 0.15) is 54.7 Å². The van der Waals surface area contributed by atoms with Crippen LogP contribution < -0.4 is 10.2 Å². The molecule has 1 aliphatic heterocycles. The predicted molar refractivity (Wildman–Crippen MR) is 95.0 cm³/mol. The van der Waals surface area contributed by atoms with Gasteiger partial charge in [0.2, 0.25) is 5.95 Å². The van der Waals surface area contributed by atoms with Gasteiger partial charge in [-0.15, -0.1) is 0 Å². The minimum atomic E-state index is -0.162. The molecule has 126 valence electrons. The number of nitrogens with one attached hydrogen (secondary N) is 1. The molecule has 1 aliphatic rings. The van der Waals surface area contributed by atoms with Crippen molar-refractivity contribution in [3.63, 3.8) is 0 Å². The van der Waals surface area contributed by atoms with Gasteiger partial charge in [0.15, 0.2) is 0 Å². The summed E-state index contributed by atoms with van der Waals surface area (Å²) in [5.74, 6) is 0.502. The maximum absolute atomic E-state index is 12.5. The summed E-state index contributed by atoms with van der Waals surface area (Å²) in [6.07, 6.45) is 6.50. The topological polar surface area (TPSA) is 58.1 Å². The molecule has 5 heteroatoms. The normalized spacial score (nSPS) is 16.3. The van der Waals surface area contributed by atoms with Crippen molar-refractivity contribution in [3.8, 4) is 0 Å². The van der Waals surface area contributed by atoms with Gasteiger partial charge in [0.1, 0.15) is 5.69 Å². The van der Waals surface area contributed by atoms with Crippen molar-refractivity contribution in [2.75, 3.05) is 18.0 Å². The molecule has 1 aromatic carbocycles. The number of hydrogen-bond donors (Lipinski definition) is 1. The lowest BCUT2D eigenvalue weighted by atomic mass is 10.1. The summed E-state index contributed by atoms with van der Waals surface area (Å²) in [5.41, 5.74) is 1.50. The standard InChI is InChI=1S/C19H24N4O/c1-15(16-9-5-4-6-10-16)21-18(24)17-11-12-20-19(22-17)23-13-7-2-3-8-14-23/h4-6,9-12,15H,2-3,7-8,13-14H2,1H3,(H,21,24). The molecular formula is C19H24N4O. The summed E-state index contributed by atoms with van der Waals surface area (Å²) < 4.78 is 0. The van der Waals surface area contributed by atoms with Gasteiger partial charge in [0.05, 0.1) is 6.04 Å². The van der Waals surface area contributed by atoms with E-state index in [2.05, 4.69) is 20.2 Å². The summed E-state index contributed by atoms with van der Waals surface area (Å²) in [6, 6.07) is 11.5. The van der Waals surface area contributed by atoms with Crippen LogP contribution in [0, 0.1) is 0 Å². The molecule has 0 spiro atoms. The first-order valence-electron chi connectivity index (χ1n) is 8.68. The number of nitrogens with zero attached hydrogens (tertiary/aromatic N) is 3. The van der Waals surface area contributed by atoms with Crippen LogP contribution in [0.5, 0.6) is 0 Å². The van der Waals surface area contributed by atoms with Crippen molar-refractivity contribution in [2.24, 2.45) is 0 Å². The number of benzene rings is 1. The molecule has 24 heavy (non-hydrogen) atoms. The summed E-state index contributed by atoms with van der Waals surface area (Å²) >= 11 is 0.